The minimum Gasteiger partial charge on any atom is -0.497 e. The molecule has 0 saturated carbocycles. The SMILES string of the molecule is COc1cc(F)cc(C(N)CO)c1. The van der Waals surface area contributed by atoms with E-state index in [1.807, 2.05) is 0 Å². The summed E-state index contributed by atoms with van der Waals surface area (Å²) < 4.78 is 17.7. The molecule has 0 saturated heterocycles. The first kappa shape index (κ1) is 9.95. The molecule has 1 aromatic carbocycles. The van der Waals surface area contributed by atoms with E-state index in [0.29, 0.717) is 11.3 Å². The van der Waals surface area contributed by atoms with Crippen LogP contribution in [0.2, 0.25) is 0 Å². The first-order chi connectivity index (χ1) is 6.17. The van der Waals surface area contributed by atoms with Crippen molar-refractivity contribution in [2.45, 2.75) is 6.04 Å². The molecule has 1 atom stereocenters. The molecule has 0 aliphatic carbocycles. The zero-order valence-electron chi connectivity index (χ0n) is 7.33. The molecule has 0 fully saturated rings. The number of halogens is 1. The minimum atomic E-state index is -0.565. The van der Waals surface area contributed by atoms with Crippen LogP contribution in [0.5, 0.6) is 5.75 Å². The summed E-state index contributed by atoms with van der Waals surface area (Å²) in [4.78, 5) is 0. The highest BCUT2D eigenvalue weighted by Gasteiger charge is 2.07. The first-order valence-electron chi connectivity index (χ1n) is 3.88. The summed E-state index contributed by atoms with van der Waals surface area (Å²) in [5.74, 6) is -0.0165. The molecule has 0 aliphatic heterocycles. The Morgan fingerprint density at radius 1 is 1.54 bits per heavy atom. The number of rotatable bonds is 3. The summed E-state index contributed by atoms with van der Waals surface area (Å²) in [6.45, 7) is -0.216. The van der Waals surface area contributed by atoms with Crippen molar-refractivity contribution in [2.24, 2.45) is 5.73 Å². The molecule has 13 heavy (non-hydrogen) atoms. The van der Waals surface area contributed by atoms with Gasteiger partial charge < -0.3 is 15.6 Å². The van der Waals surface area contributed by atoms with E-state index in [0.717, 1.165) is 0 Å². The molecule has 1 unspecified atom stereocenters. The molecule has 0 heterocycles. The Morgan fingerprint density at radius 2 is 2.23 bits per heavy atom. The van der Waals surface area contributed by atoms with Crippen LogP contribution in [0.4, 0.5) is 4.39 Å². The van der Waals surface area contributed by atoms with Gasteiger partial charge in [0.2, 0.25) is 0 Å². The number of aliphatic hydroxyl groups excluding tert-OH is 1. The maximum atomic E-state index is 12.9. The van der Waals surface area contributed by atoms with Crippen LogP contribution in [0.15, 0.2) is 18.2 Å². The molecule has 3 nitrogen and oxygen atoms in total. The Hall–Kier alpha value is -1.13. The Morgan fingerprint density at radius 3 is 2.77 bits per heavy atom. The lowest BCUT2D eigenvalue weighted by atomic mass is 10.1. The van der Waals surface area contributed by atoms with Crippen molar-refractivity contribution < 1.29 is 14.2 Å². The van der Waals surface area contributed by atoms with Crippen molar-refractivity contribution >= 4 is 0 Å². The fraction of sp³-hybridized carbons (Fsp3) is 0.333. The molecular weight excluding hydrogens is 173 g/mol. The second kappa shape index (κ2) is 4.20. The molecule has 1 rings (SSSR count). The van der Waals surface area contributed by atoms with Crippen LogP contribution < -0.4 is 10.5 Å². The van der Waals surface area contributed by atoms with E-state index in [9.17, 15) is 4.39 Å². The third-order valence-corrected chi connectivity index (χ3v) is 1.75. The van der Waals surface area contributed by atoms with Gasteiger partial charge in [-0.3, -0.25) is 0 Å². The molecule has 0 radical (unpaired) electrons. The van der Waals surface area contributed by atoms with Crippen molar-refractivity contribution in [3.8, 4) is 5.75 Å². The van der Waals surface area contributed by atoms with Crippen LogP contribution in [0.25, 0.3) is 0 Å². The molecule has 0 aromatic heterocycles. The second-order valence-corrected chi connectivity index (χ2v) is 2.71. The summed E-state index contributed by atoms with van der Waals surface area (Å²) in [5.41, 5.74) is 6.04. The predicted octanol–water partition coefficient (Wildman–Crippen LogP) is 0.826. The van der Waals surface area contributed by atoms with Crippen molar-refractivity contribution in [1.29, 1.82) is 0 Å². The van der Waals surface area contributed by atoms with Gasteiger partial charge in [0, 0.05) is 6.07 Å². The van der Waals surface area contributed by atoms with Crippen LogP contribution in [-0.2, 0) is 0 Å². The Bertz CT molecular complexity index is 291. The van der Waals surface area contributed by atoms with E-state index in [1.54, 1.807) is 6.07 Å². The van der Waals surface area contributed by atoms with Crippen molar-refractivity contribution in [1.82, 2.24) is 0 Å². The maximum Gasteiger partial charge on any atom is 0.127 e. The molecule has 0 amide bonds. The quantitative estimate of drug-likeness (QED) is 0.733. The highest BCUT2D eigenvalue weighted by atomic mass is 19.1. The van der Waals surface area contributed by atoms with Gasteiger partial charge in [-0.15, -0.1) is 0 Å². The summed E-state index contributed by atoms with van der Waals surface area (Å²) in [5, 5.41) is 8.75. The normalized spacial score (nSPS) is 12.6. The molecule has 1 aromatic rings. The van der Waals surface area contributed by atoms with Crippen LogP contribution >= 0.6 is 0 Å². The maximum absolute atomic E-state index is 12.9. The largest absolute Gasteiger partial charge is 0.497 e. The highest BCUT2D eigenvalue weighted by molar-refractivity contribution is 5.31. The summed E-state index contributed by atoms with van der Waals surface area (Å²) >= 11 is 0. The third kappa shape index (κ3) is 2.40. The van der Waals surface area contributed by atoms with Gasteiger partial charge in [0.1, 0.15) is 11.6 Å². The zero-order chi connectivity index (χ0) is 9.84. The van der Waals surface area contributed by atoms with Gasteiger partial charge in [-0.1, -0.05) is 0 Å². The van der Waals surface area contributed by atoms with Gasteiger partial charge >= 0.3 is 0 Å². The fourth-order valence-electron chi connectivity index (χ4n) is 1.02. The van der Waals surface area contributed by atoms with E-state index in [1.165, 1.54) is 19.2 Å². The fourth-order valence-corrected chi connectivity index (χ4v) is 1.02. The molecule has 3 N–H and O–H groups in total. The van der Waals surface area contributed by atoms with E-state index in [4.69, 9.17) is 15.6 Å². The van der Waals surface area contributed by atoms with E-state index in [2.05, 4.69) is 0 Å². The standard InChI is InChI=1S/C9H12FNO2/c1-13-8-3-6(9(11)5-12)2-7(10)4-8/h2-4,9,12H,5,11H2,1H3. The number of hydrogen-bond donors (Lipinski definition) is 2. The van der Waals surface area contributed by atoms with Crippen LogP contribution in [-0.4, -0.2) is 18.8 Å². The number of ether oxygens (including phenoxy) is 1. The molecule has 4 heteroatoms. The Balaban J connectivity index is 3.01. The summed E-state index contributed by atoms with van der Waals surface area (Å²) in [6, 6.07) is 3.57. The first-order valence-corrected chi connectivity index (χ1v) is 3.88. The average Bonchev–Trinajstić information content (AvgIpc) is 2.15. The van der Waals surface area contributed by atoms with E-state index < -0.39 is 11.9 Å². The predicted molar refractivity (Wildman–Crippen MR) is 47.0 cm³/mol. The number of hydrogen-bond acceptors (Lipinski definition) is 3. The lowest BCUT2D eigenvalue weighted by Gasteiger charge is -2.10. The van der Waals surface area contributed by atoms with Crippen LogP contribution in [0, 0.1) is 5.82 Å². The van der Waals surface area contributed by atoms with Crippen molar-refractivity contribution in [3.63, 3.8) is 0 Å². The van der Waals surface area contributed by atoms with Crippen molar-refractivity contribution in [2.75, 3.05) is 13.7 Å². The number of aliphatic hydroxyl groups is 1. The second-order valence-electron chi connectivity index (χ2n) is 2.71. The lowest BCUT2D eigenvalue weighted by molar-refractivity contribution is 0.267. The van der Waals surface area contributed by atoms with Gasteiger partial charge in [0.05, 0.1) is 19.8 Å². The van der Waals surface area contributed by atoms with E-state index in [-0.39, 0.29) is 6.61 Å². The van der Waals surface area contributed by atoms with Crippen molar-refractivity contribution in [3.05, 3.63) is 29.6 Å². The van der Waals surface area contributed by atoms with Gasteiger partial charge in [-0.2, -0.15) is 0 Å². The molecular formula is C9H12FNO2. The average molecular weight is 185 g/mol. The molecule has 72 valence electrons. The Kier molecular flexibility index (Phi) is 3.22. The van der Waals surface area contributed by atoms with E-state index >= 15 is 0 Å². The van der Waals surface area contributed by atoms with Gasteiger partial charge in [-0.25, -0.2) is 4.39 Å². The van der Waals surface area contributed by atoms with Gasteiger partial charge in [0.25, 0.3) is 0 Å². The minimum absolute atomic E-state index is 0.216. The molecule has 0 aliphatic rings. The number of methoxy groups -OCH3 is 1. The summed E-state index contributed by atoms with van der Waals surface area (Å²) in [7, 11) is 1.45. The number of nitrogens with two attached hydrogens (primary N) is 1. The topological polar surface area (TPSA) is 55.5 Å². The van der Waals surface area contributed by atoms with Gasteiger partial charge in [-0.05, 0) is 17.7 Å². The third-order valence-electron chi connectivity index (χ3n) is 1.75. The highest BCUT2D eigenvalue weighted by Crippen LogP contribution is 2.19. The molecule has 0 bridgehead atoms. The molecule has 0 spiro atoms. The smallest absolute Gasteiger partial charge is 0.127 e. The number of benzene rings is 1. The zero-order valence-corrected chi connectivity index (χ0v) is 7.33. The summed E-state index contributed by atoms with van der Waals surface area (Å²) in [6.07, 6.45) is 0. The van der Waals surface area contributed by atoms with Gasteiger partial charge in [0.15, 0.2) is 0 Å². The van der Waals surface area contributed by atoms with Crippen LogP contribution in [0.1, 0.15) is 11.6 Å². The van der Waals surface area contributed by atoms with Crippen LogP contribution in [0.3, 0.4) is 0 Å². The monoisotopic (exact) mass is 185 g/mol. The lowest BCUT2D eigenvalue weighted by Crippen LogP contribution is -2.14. The Labute approximate surface area is 75.9 Å².